The molecule has 0 N–H and O–H groups in total. The maximum Gasteiger partial charge on any atom is 0.189 e. The SMILES string of the molecule is Fc1cc2c(c(CN3CCc4c(ncn4C4CC4)C3)c1)OCOC2. The zero-order chi connectivity index (χ0) is 16.1. The fraction of sp³-hybridized carbons (Fsp3) is 0.500. The molecule has 0 radical (unpaired) electrons. The van der Waals surface area contributed by atoms with E-state index in [0.717, 1.165) is 36.4 Å². The Morgan fingerprint density at radius 3 is 3.08 bits per heavy atom. The average molecular weight is 329 g/mol. The summed E-state index contributed by atoms with van der Waals surface area (Å²) in [6.07, 6.45) is 5.56. The molecule has 0 spiro atoms. The topological polar surface area (TPSA) is 39.5 Å². The molecule has 24 heavy (non-hydrogen) atoms. The molecular weight excluding hydrogens is 309 g/mol. The van der Waals surface area contributed by atoms with E-state index in [9.17, 15) is 4.39 Å². The van der Waals surface area contributed by atoms with Gasteiger partial charge in [-0.1, -0.05) is 0 Å². The van der Waals surface area contributed by atoms with Crippen molar-refractivity contribution in [2.24, 2.45) is 0 Å². The van der Waals surface area contributed by atoms with Gasteiger partial charge in [-0.2, -0.15) is 0 Å². The summed E-state index contributed by atoms with van der Waals surface area (Å²) in [6, 6.07) is 3.77. The molecule has 2 aromatic rings. The third kappa shape index (κ3) is 2.50. The predicted molar refractivity (Wildman–Crippen MR) is 85.0 cm³/mol. The number of benzene rings is 1. The normalized spacial score (nSPS) is 20.4. The first kappa shape index (κ1) is 14.4. The van der Waals surface area contributed by atoms with Crippen LogP contribution < -0.4 is 4.74 Å². The van der Waals surface area contributed by atoms with Crippen LogP contribution in [0.4, 0.5) is 4.39 Å². The number of hydrogen-bond donors (Lipinski definition) is 0. The Morgan fingerprint density at radius 2 is 2.21 bits per heavy atom. The highest BCUT2D eigenvalue weighted by Crippen LogP contribution is 2.38. The summed E-state index contributed by atoms with van der Waals surface area (Å²) >= 11 is 0. The van der Waals surface area contributed by atoms with E-state index in [-0.39, 0.29) is 12.6 Å². The fourth-order valence-corrected chi connectivity index (χ4v) is 3.80. The molecule has 0 amide bonds. The Hall–Kier alpha value is -1.92. The van der Waals surface area contributed by atoms with Crippen LogP contribution in [0.1, 0.15) is 41.4 Å². The van der Waals surface area contributed by atoms with Crippen LogP contribution in [0, 0.1) is 5.82 Å². The molecule has 3 heterocycles. The first-order valence-electron chi connectivity index (χ1n) is 8.57. The minimum Gasteiger partial charge on any atom is -0.467 e. The van der Waals surface area contributed by atoms with Gasteiger partial charge in [0.25, 0.3) is 0 Å². The van der Waals surface area contributed by atoms with Gasteiger partial charge in [0.1, 0.15) is 11.6 Å². The lowest BCUT2D eigenvalue weighted by Crippen LogP contribution is -2.31. The van der Waals surface area contributed by atoms with Crippen LogP contribution in [0.3, 0.4) is 0 Å². The summed E-state index contributed by atoms with van der Waals surface area (Å²) in [5, 5.41) is 0. The Labute approximate surface area is 140 Å². The number of nitrogens with zero attached hydrogens (tertiary/aromatic N) is 3. The van der Waals surface area contributed by atoms with Crippen LogP contribution in [0.2, 0.25) is 0 Å². The predicted octanol–water partition coefficient (Wildman–Crippen LogP) is 2.78. The number of imidazole rings is 1. The summed E-state index contributed by atoms with van der Waals surface area (Å²) in [5.74, 6) is 0.561. The molecule has 126 valence electrons. The van der Waals surface area contributed by atoms with E-state index in [4.69, 9.17) is 9.47 Å². The molecular formula is C18H20FN3O2. The molecule has 1 aromatic heterocycles. The molecule has 1 aromatic carbocycles. The maximum atomic E-state index is 13.9. The van der Waals surface area contributed by atoms with Gasteiger partial charge in [-0.15, -0.1) is 0 Å². The number of aromatic nitrogens is 2. The van der Waals surface area contributed by atoms with Crippen LogP contribution in [0.5, 0.6) is 5.75 Å². The van der Waals surface area contributed by atoms with E-state index in [1.54, 1.807) is 6.07 Å². The molecule has 0 bridgehead atoms. The second-order valence-corrected chi connectivity index (χ2v) is 6.90. The van der Waals surface area contributed by atoms with Crippen LogP contribution in [0.25, 0.3) is 0 Å². The zero-order valence-electron chi connectivity index (χ0n) is 13.5. The van der Waals surface area contributed by atoms with E-state index in [1.807, 2.05) is 6.33 Å². The van der Waals surface area contributed by atoms with Gasteiger partial charge in [0.2, 0.25) is 0 Å². The van der Waals surface area contributed by atoms with Gasteiger partial charge in [-0.05, 0) is 25.0 Å². The summed E-state index contributed by atoms with van der Waals surface area (Å²) in [7, 11) is 0. The highest BCUT2D eigenvalue weighted by Gasteiger charge is 2.30. The molecule has 5 nitrogen and oxygen atoms in total. The van der Waals surface area contributed by atoms with Gasteiger partial charge in [0.05, 0.1) is 18.6 Å². The smallest absolute Gasteiger partial charge is 0.189 e. The molecule has 0 atom stereocenters. The molecule has 1 saturated carbocycles. The Kier molecular flexibility index (Phi) is 3.35. The number of rotatable bonds is 3. The van der Waals surface area contributed by atoms with Gasteiger partial charge in [-0.25, -0.2) is 9.37 Å². The summed E-state index contributed by atoms with van der Waals surface area (Å²) in [4.78, 5) is 6.93. The molecule has 2 aliphatic heterocycles. The lowest BCUT2D eigenvalue weighted by atomic mass is 10.1. The van der Waals surface area contributed by atoms with Gasteiger partial charge in [0, 0.05) is 48.9 Å². The molecule has 3 aliphatic rings. The van der Waals surface area contributed by atoms with Crippen molar-refractivity contribution in [1.82, 2.24) is 14.5 Å². The Morgan fingerprint density at radius 1 is 1.29 bits per heavy atom. The van der Waals surface area contributed by atoms with Crippen LogP contribution in [0.15, 0.2) is 18.5 Å². The van der Waals surface area contributed by atoms with Crippen molar-refractivity contribution in [1.29, 1.82) is 0 Å². The molecule has 5 rings (SSSR count). The monoisotopic (exact) mass is 329 g/mol. The molecule has 0 saturated heterocycles. The third-order valence-corrected chi connectivity index (χ3v) is 5.11. The minimum absolute atomic E-state index is 0.228. The van der Waals surface area contributed by atoms with Gasteiger partial charge in [0.15, 0.2) is 6.79 Å². The van der Waals surface area contributed by atoms with Gasteiger partial charge in [-0.3, -0.25) is 4.90 Å². The number of ether oxygens (including phenoxy) is 2. The maximum absolute atomic E-state index is 13.9. The zero-order valence-corrected chi connectivity index (χ0v) is 13.5. The fourth-order valence-electron chi connectivity index (χ4n) is 3.80. The lowest BCUT2D eigenvalue weighted by molar-refractivity contribution is -0.0177. The standard InChI is InChI=1S/C18H20FN3O2/c19-14-5-12(18-13(6-14)9-23-11-24-18)7-21-4-3-17-16(8-21)20-10-22(17)15-1-2-15/h5-6,10,15H,1-4,7-9,11H2. The van der Waals surface area contributed by atoms with Crippen molar-refractivity contribution in [3.8, 4) is 5.75 Å². The minimum atomic E-state index is -0.228. The molecule has 0 unspecified atom stereocenters. The second kappa shape index (κ2) is 5.57. The average Bonchev–Trinajstić information content (AvgIpc) is 3.34. The number of halogens is 1. The highest BCUT2D eigenvalue weighted by atomic mass is 19.1. The largest absolute Gasteiger partial charge is 0.467 e. The second-order valence-electron chi connectivity index (χ2n) is 6.90. The summed E-state index contributed by atoms with van der Waals surface area (Å²) in [6.45, 7) is 3.11. The first-order valence-corrected chi connectivity index (χ1v) is 8.57. The van der Waals surface area contributed by atoms with Gasteiger partial charge >= 0.3 is 0 Å². The Balaban J connectivity index is 1.38. The molecule has 6 heteroatoms. The van der Waals surface area contributed by atoms with Gasteiger partial charge < -0.3 is 14.0 Å². The lowest BCUT2D eigenvalue weighted by Gasteiger charge is -2.29. The number of fused-ring (bicyclic) bond motifs is 2. The summed E-state index contributed by atoms with van der Waals surface area (Å²) in [5.41, 5.74) is 4.26. The van der Waals surface area contributed by atoms with Crippen molar-refractivity contribution in [2.75, 3.05) is 13.3 Å². The quantitative estimate of drug-likeness (QED) is 0.868. The van der Waals surface area contributed by atoms with E-state index in [2.05, 4.69) is 14.5 Å². The van der Waals surface area contributed by atoms with Crippen molar-refractivity contribution >= 4 is 0 Å². The van der Waals surface area contributed by atoms with Crippen molar-refractivity contribution in [3.05, 3.63) is 46.8 Å². The third-order valence-electron chi connectivity index (χ3n) is 5.11. The van der Waals surface area contributed by atoms with Crippen LogP contribution >= 0.6 is 0 Å². The van der Waals surface area contributed by atoms with E-state index in [0.29, 0.717) is 19.2 Å². The van der Waals surface area contributed by atoms with Crippen molar-refractivity contribution < 1.29 is 13.9 Å². The van der Waals surface area contributed by atoms with Crippen LogP contribution in [-0.2, 0) is 30.9 Å². The molecule has 1 fully saturated rings. The highest BCUT2D eigenvalue weighted by molar-refractivity contribution is 5.42. The number of hydrogen-bond acceptors (Lipinski definition) is 4. The summed E-state index contributed by atoms with van der Waals surface area (Å²) < 4.78 is 27.1. The van der Waals surface area contributed by atoms with E-state index >= 15 is 0 Å². The van der Waals surface area contributed by atoms with Crippen molar-refractivity contribution in [2.45, 2.75) is 45.0 Å². The van der Waals surface area contributed by atoms with E-state index < -0.39 is 0 Å². The Bertz CT molecular complexity index is 785. The van der Waals surface area contributed by atoms with Crippen molar-refractivity contribution in [3.63, 3.8) is 0 Å². The van der Waals surface area contributed by atoms with E-state index in [1.165, 1.54) is 30.3 Å². The first-order chi connectivity index (χ1) is 11.8. The molecule has 1 aliphatic carbocycles. The van der Waals surface area contributed by atoms with Crippen LogP contribution in [-0.4, -0.2) is 27.8 Å².